The Labute approximate surface area is 192 Å². The number of nitrogens with two attached hydrogens (primary N) is 1. The molecule has 0 fully saturated rings. The third-order valence-corrected chi connectivity index (χ3v) is 6.26. The number of sulfone groups is 1. The highest BCUT2D eigenvalue weighted by Gasteiger charge is 2.23. The van der Waals surface area contributed by atoms with E-state index in [1.165, 1.54) is 36.7 Å². The van der Waals surface area contributed by atoms with Crippen molar-refractivity contribution in [3.8, 4) is 5.88 Å². The molecule has 2 rings (SSSR count). The Kier molecular flexibility index (Phi) is 9.42. The smallest absolute Gasteiger partial charge is 0.232 e. The van der Waals surface area contributed by atoms with Crippen molar-refractivity contribution in [3.05, 3.63) is 53.2 Å². The molecule has 1 heterocycles. The largest absolute Gasteiger partial charge is 0.471 e. The predicted octanol–water partition coefficient (Wildman–Crippen LogP) is 3.17. The van der Waals surface area contributed by atoms with Gasteiger partial charge in [-0.3, -0.25) is 5.41 Å². The van der Waals surface area contributed by atoms with Crippen LogP contribution in [0.25, 0.3) is 11.9 Å². The van der Waals surface area contributed by atoms with E-state index in [0.717, 1.165) is 6.26 Å². The van der Waals surface area contributed by atoms with Gasteiger partial charge in [0.2, 0.25) is 5.88 Å². The number of nitrogens with one attached hydrogen (secondary N) is 1. The molecule has 0 bridgehead atoms. The summed E-state index contributed by atoms with van der Waals surface area (Å²) in [6.07, 6.45) is 5.10. The van der Waals surface area contributed by atoms with Gasteiger partial charge in [-0.2, -0.15) is 0 Å². The van der Waals surface area contributed by atoms with Crippen molar-refractivity contribution in [2.75, 3.05) is 20.0 Å². The van der Waals surface area contributed by atoms with Crippen LogP contribution in [0.15, 0.2) is 30.6 Å². The number of hydrogen-bond donors (Lipinski definition) is 2. The molecule has 0 radical (unpaired) electrons. The molecule has 0 spiro atoms. The minimum atomic E-state index is -3.53. The standard InChI is InChI=1S/C22H28F2N4O4S/c1-14(13-31-2)32-21-12-27-19(11-28-21)18(24)10-15-7-8-17(23)16(9-15)5-4-6-20(22(25)26)33(3,29)30/h7-12,14,20H,4-6,13H2,1-3H3,(H3,25,26)/b18-10-. The van der Waals surface area contributed by atoms with Crippen molar-refractivity contribution in [2.24, 2.45) is 5.73 Å². The van der Waals surface area contributed by atoms with Crippen LogP contribution in [0, 0.1) is 11.2 Å². The molecule has 0 aliphatic heterocycles. The van der Waals surface area contributed by atoms with E-state index in [-0.39, 0.29) is 36.9 Å². The van der Waals surface area contributed by atoms with Gasteiger partial charge in [0.1, 0.15) is 28.7 Å². The Morgan fingerprint density at radius 3 is 2.61 bits per heavy atom. The first-order chi connectivity index (χ1) is 15.5. The zero-order valence-electron chi connectivity index (χ0n) is 18.7. The quantitative estimate of drug-likeness (QED) is 0.351. The van der Waals surface area contributed by atoms with E-state index in [2.05, 4.69) is 9.97 Å². The number of methoxy groups -OCH3 is 1. The van der Waals surface area contributed by atoms with Crippen LogP contribution in [0.2, 0.25) is 0 Å². The second-order valence-electron chi connectivity index (χ2n) is 7.63. The third kappa shape index (κ3) is 8.17. The number of halogens is 2. The fourth-order valence-electron chi connectivity index (χ4n) is 3.15. The third-order valence-electron chi connectivity index (χ3n) is 4.74. The van der Waals surface area contributed by atoms with Crippen LogP contribution in [0.4, 0.5) is 8.78 Å². The van der Waals surface area contributed by atoms with Gasteiger partial charge in [-0.05, 0) is 55.5 Å². The minimum absolute atomic E-state index is 0.00919. The highest BCUT2D eigenvalue weighted by Crippen LogP contribution is 2.22. The molecule has 0 amide bonds. The van der Waals surface area contributed by atoms with Crippen LogP contribution in [0.3, 0.4) is 0 Å². The van der Waals surface area contributed by atoms with E-state index in [4.69, 9.17) is 20.6 Å². The van der Waals surface area contributed by atoms with Gasteiger partial charge >= 0.3 is 0 Å². The van der Waals surface area contributed by atoms with Gasteiger partial charge < -0.3 is 15.2 Å². The first kappa shape index (κ1) is 26.3. The molecule has 2 atom stereocenters. The normalized spacial score (nSPS) is 14.0. The van der Waals surface area contributed by atoms with E-state index in [9.17, 15) is 17.2 Å². The van der Waals surface area contributed by atoms with Crippen LogP contribution in [-0.4, -0.2) is 55.5 Å². The average Bonchev–Trinajstić information content (AvgIpc) is 2.72. The molecule has 33 heavy (non-hydrogen) atoms. The van der Waals surface area contributed by atoms with Crippen LogP contribution >= 0.6 is 0 Å². The summed E-state index contributed by atoms with van der Waals surface area (Å²) >= 11 is 0. The number of rotatable bonds is 12. The van der Waals surface area contributed by atoms with Crippen molar-refractivity contribution in [3.63, 3.8) is 0 Å². The first-order valence-electron chi connectivity index (χ1n) is 10.2. The van der Waals surface area contributed by atoms with Gasteiger partial charge in [0.15, 0.2) is 15.7 Å². The van der Waals surface area contributed by atoms with Crippen molar-refractivity contribution in [1.29, 1.82) is 5.41 Å². The van der Waals surface area contributed by atoms with Gasteiger partial charge in [-0.15, -0.1) is 0 Å². The van der Waals surface area contributed by atoms with Crippen molar-refractivity contribution >= 4 is 27.6 Å². The molecule has 11 heteroatoms. The van der Waals surface area contributed by atoms with Crippen molar-refractivity contribution in [1.82, 2.24) is 9.97 Å². The van der Waals surface area contributed by atoms with Gasteiger partial charge in [-0.1, -0.05) is 6.07 Å². The Morgan fingerprint density at radius 2 is 2.03 bits per heavy atom. The van der Waals surface area contributed by atoms with Crippen LogP contribution in [-0.2, 0) is 21.0 Å². The molecule has 1 aromatic heterocycles. The highest BCUT2D eigenvalue weighted by molar-refractivity contribution is 7.92. The van der Waals surface area contributed by atoms with Crippen LogP contribution in [0.1, 0.15) is 36.6 Å². The monoisotopic (exact) mass is 482 g/mol. The number of hydrogen-bond acceptors (Lipinski definition) is 7. The summed E-state index contributed by atoms with van der Waals surface area (Å²) in [5.74, 6) is -1.36. The fourth-order valence-corrected chi connectivity index (χ4v) is 4.21. The predicted molar refractivity (Wildman–Crippen MR) is 123 cm³/mol. The minimum Gasteiger partial charge on any atom is -0.471 e. The fraction of sp³-hybridized carbons (Fsp3) is 0.409. The lowest BCUT2D eigenvalue weighted by Crippen LogP contribution is -2.34. The maximum atomic E-state index is 14.6. The van der Waals surface area contributed by atoms with Crippen LogP contribution < -0.4 is 10.5 Å². The molecule has 0 saturated carbocycles. The number of aryl methyl sites for hydroxylation is 1. The molecular weight excluding hydrogens is 454 g/mol. The van der Waals surface area contributed by atoms with Crippen molar-refractivity contribution in [2.45, 2.75) is 37.5 Å². The van der Waals surface area contributed by atoms with E-state index in [1.54, 1.807) is 14.0 Å². The number of nitrogens with zero attached hydrogens (tertiary/aromatic N) is 2. The molecular formula is C22H28F2N4O4S. The van der Waals surface area contributed by atoms with Crippen LogP contribution in [0.5, 0.6) is 5.88 Å². The lowest BCUT2D eigenvalue weighted by Gasteiger charge is -2.13. The topological polar surface area (TPSA) is 128 Å². The Morgan fingerprint density at radius 1 is 1.30 bits per heavy atom. The summed E-state index contributed by atoms with van der Waals surface area (Å²) < 4.78 is 62.8. The molecule has 0 aliphatic carbocycles. The second kappa shape index (κ2) is 11.8. The molecule has 1 aromatic carbocycles. The highest BCUT2D eigenvalue weighted by atomic mass is 32.2. The molecule has 3 N–H and O–H groups in total. The van der Waals surface area contributed by atoms with E-state index in [0.29, 0.717) is 17.7 Å². The maximum Gasteiger partial charge on any atom is 0.232 e. The van der Waals surface area contributed by atoms with E-state index >= 15 is 0 Å². The molecule has 2 unspecified atom stereocenters. The lowest BCUT2D eigenvalue weighted by molar-refractivity contribution is 0.0886. The SMILES string of the molecule is COCC(C)Oc1cnc(/C(F)=C/c2ccc(F)c(CCCC(C(=N)N)S(C)(=O)=O)c2)cn1. The molecule has 8 nitrogen and oxygen atoms in total. The molecule has 180 valence electrons. The Balaban J connectivity index is 2.09. The van der Waals surface area contributed by atoms with Gasteiger partial charge in [0, 0.05) is 13.4 Å². The average molecular weight is 483 g/mol. The summed E-state index contributed by atoms with van der Waals surface area (Å²) in [4.78, 5) is 8.03. The van der Waals surface area contributed by atoms with Gasteiger partial charge in [-0.25, -0.2) is 27.2 Å². The summed E-state index contributed by atoms with van der Waals surface area (Å²) in [7, 11) is -1.98. The number of aromatic nitrogens is 2. The summed E-state index contributed by atoms with van der Waals surface area (Å²) in [5, 5.41) is 6.33. The zero-order chi connectivity index (χ0) is 24.6. The Hall–Kier alpha value is -2.92. The number of benzene rings is 1. The zero-order valence-corrected chi connectivity index (χ0v) is 19.5. The van der Waals surface area contributed by atoms with Gasteiger partial charge in [0.05, 0.1) is 19.0 Å². The molecule has 0 saturated heterocycles. The summed E-state index contributed by atoms with van der Waals surface area (Å²) in [6.45, 7) is 2.17. The molecule has 0 aliphatic rings. The molecule has 2 aromatic rings. The van der Waals surface area contributed by atoms with Crippen molar-refractivity contribution < 1.29 is 26.7 Å². The van der Waals surface area contributed by atoms with Gasteiger partial charge in [0.25, 0.3) is 0 Å². The van der Waals surface area contributed by atoms with E-state index < -0.39 is 32.6 Å². The summed E-state index contributed by atoms with van der Waals surface area (Å²) in [6, 6.07) is 4.12. The number of ether oxygens (including phenoxy) is 2. The second-order valence-corrected chi connectivity index (χ2v) is 9.86. The summed E-state index contributed by atoms with van der Waals surface area (Å²) in [5.41, 5.74) is 6.07. The first-order valence-corrected chi connectivity index (χ1v) is 12.1. The Bertz CT molecular complexity index is 1090. The lowest BCUT2D eigenvalue weighted by atomic mass is 10.0. The maximum absolute atomic E-state index is 14.6. The van der Waals surface area contributed by atoms with E-state index in [1.807, 2.05) is 0 Å². The number of amidine groups is 1.